The quantitative estimate of drug-likeness (QED) is 0.436. The van der Waals surface area contributed by atoms with E-state index >= 15 is 0 Å². The largest absolute Gasteiger partial charge is 0.497 e. The summed E-state index contributed by atoms with van der Waals surface area (Å²) in [4.78, 5) is 28.2. The maximum atomic E-state index is 13.8. The highest BCUT2D eigenvalue weighted by atomic mass is 32.2. The molecule has 0 saturated heterocycles. The molecule has 0 fully saturated rings. The maximum absolute atomic E-state index is 13.8. The van der Waals surface area contributed by atoms with Crippen molar-refractivity contribution in [1.82, 2.24) is 10.2 Å². The number of benzene rings is 2. The first-order chi connectivity index (χ1) is 17.1. The predicted octanol–water partition coefficient (Wildman–Crippen LogP) is 3.11. The van der Waals surface area contributed by atoms with Crippen molar-refractivity contribution in [2.24, 2.45) is 0 Å². The van der Waals surface area contributed by atoms with Crippen molar-refractivity contribution in [3.05, 3.63) is 53.6 Å². The highest BCUT2D eigenvalue weighted by Gasteiger charge is 2.32. The Morgan fingerprint density at radius 1 is 1.06 bits per heavy atom. The zero-order valence-electron chi connectivity index (χ0n) is 21.9. The number of aryl methyl sites for hydroxylation is 1. The number of anilines is 1. The Morgan fingerprint density at radius 2 is 1.75 bits per heavy atom. The summed E-state index contributed by atoms with van der Waals surface area (Å²) in [5.74, 6) is -0.0461. The molecule has 0 aliphatic rings. The average Bonchev–Trinajstić information content (AvgIpc) is 2.85. The van der Waals surface area contributed by atoms with Gasteiger partial charge in [-0.05, 0) is 43.0 Å². The van der Waals surface area contributed by atoms with Crippen molar-refractivity contribution in [2.75, 3.05) is 37.9 Å². The molecule has 0 spiro atoms. The molecule has 2 aromatic rings. The van der Waals surface area contributed by atoms with Crippen LogP contribution >= 0.6 is 0 Å². The third-order valence-electron chi connectivity index (χ3n) is 5.87. The fourth-order valence-corrected chi connectivity index (χ4v) is 4.70. The summed E-state index contributed by atoms with van der Waals surface area (Å²) in [6, 6.07) is 11.5. The Bertz CT molecular complexity index is 1150. The molecule has 0 aliphatic heterocycles. The third kappa shape index (κ3) is 7.36. The fraction of sp³-hybridized carbons (Fsp3) is 0.462. The number of nitrogens with one attached hydrogen (secondary N) is 1. The van der Waals surface area contributed by atoms with Gasteiger partial charge in [0.1, 0.15) is 24.1 Å². The minimum atomic E-state index is -3.88. The molecule has 9 nitrogen and oxygen atoms in total. The Hall–Kier alpha value is -3.27. The topological polar surface area (TPSA) is 105 Å². The van der Waals surface area contributed by atoms with Crippen molar-refractivity contribution < 1.29 is 27.5 Å². The van der Waals surface area contributed by atoms with Crippen molar-refractivity contribution in [2.45, 2.75) is 46.2 Å². The lowest BCUT2D eigenvalue weighted by Gasteiger charge is -2.33. The lowest BCUT2D eigenvalue weighted by atomic mass is 10.1. The number of hydrogen-bond donors (Lipinski definition) is 1. The van der Waals surface area contributed by atoms with Crippen LogP contribution in [0.25, 0.3) is 0 Å². The first-order valence-corrected chi connectivity index (χ1v) is 13.7. The van der Waals surface area contributed by atoms with Crippen LogP contribution in [0, 0.1) is 6.92 Å². The van der Waals surface area contributed by atoms with Gasteiger partial charge in [-0.2, -0.15) is 0 Å². The molecule has 10 heteroatoms. The second kappa shape index (κ2) is 13.2. The third-order valence-corrected chi connectivity index (χ3v) is 7.00. The molecule has 1 unspecified atom stereocenters. The molecular formula is C26H37N3O6S. The molecule has 198 valence electrons. The minimum absolute atomic E-state index is 0.168. The zero-order chi connectivity index (χ0) is 26.9. The van der Waals surface area contributed by atoms with E-state index in [0.717, 1.165) is 28.1 Å². The molecule has 1 N–H and O–H groups in total. The second-order valence-electron chi connectivity index (χ2n) is 8.47. The number of carbonyl (C=O) groups is 2. The smallest absolute Gasteiger partial charge is 0.244 e. The van der Waals surface area contributed by atoms with Crippen molar-refractivity contribution in [3.63, 3.8) is 0 Å². The normalized spacial score (nSPS) is 11.9. The van der Waals surface area contributed by atoms with E-state index < -0.39 is 28.5 Å². The summed E-state index contributed by atoms with van der Waals surface area (Å²) >= 11 is 0. The highest BCUT2D eigenvalue weighted by Crippen LogP contribution is 2.33. The molecule has 2 amide bonds. The van der Waals surface area contributed by atoms with E-state index in [1.165, 1.54) is 25.2 Å². The molecular weight excluding hydrogens is 482 g/mol. The van der Waals surface area contributed by atoms with Crippen LogP contribution in [0.1, 0.15) is 37.8 Å². The number of ether oxygens (including phenoxy) is 2. The molecule has 0 bridgehead atoms. The Kier molecular flexibility index (Phi) is 10.6. The lowest BCUT2D eigenvalue weighted by Crippen LogP contribution is -2.52. The molecule has 0 aromatic heterocycles. The zero-order valence-corrected chi connectivity index (χ0v) is 22.7. The molecule has 0 heterocycles. The Morgan fingerprint density at radius 3 is 2.31 bits per heavy atom. The van der Waals surface area contributed by atoms with Gasteiger partial charge in [-0.3, -0.25) is 13.9 Å². The van der Waals surface area contributed by atoms with E-state index in [2.05, 4.69) is 5.32 Å². The number of hydrogen-bond acceptors (Lipinski definition) is 6. The van der Waals surface area contributed by atoms with Crippen molar-refractivity contribution in [1.29, 1.82) is 0 Å². The maximum Gasteiger partial charge on any atom is 0.244 e. The molecule has 1 atom stereocenters. The summed E-state index contributed by atoms with van der Waals surface area (Å²) in [5, 5.41) is 2.87. The van der Waals surface area contributed by atoms with Crippen LogP contribution in [0.3, 0.4) is 0 Å². The Balaban J connectivity index is 2.51. The van der Waals surface area contributed by atoms with Crippen LogP contribution < -0.4 is 19.1 Å². The molecule has 0 radical (unpaired) electrons. The Labute approximate surface area is 214 Å². The van der Waals surface area contributed by atoms with Gasteiger partial charge in [0.05, 0.1) is 26.2 Å². The molecule has 36 heavy (non-hydrogen) atoms. The van der Waals surface area contributed by atoms with Gasteiger partial charge in [-0.1, -0.05) is 38.1 Å². The fourth-order valence-electron chi connectivity index (χ4n) is 3.84. The lowest BCUT2D eigenvalue weighted by molar-refractivity contribution is -0.140. The van der Waals surface area contributed by atoms with E-state index in [1.807, 2.05) is 45.0 Å². The van der Waals surface area contributed by atoms with Gasteiger partial charge in [0.2, 0.25) is 21.8 Å². The number of amides is 2. The second-order valence-corrected chi connectivity index (χ2v) is 10.4. The van der Waals surface area contributed by atoms with Gasteiger partial charge >= 0.3 is 0 Å². The van der Waals surface area contributed by atoms with Crippen molar-refractivity contribution in [3.8, 4) is 11.5 Å². The van der Waals surface area contributed by atoms with Crippen LogP contribution in [0.2, 0.25) is 0 Å². The standard InChI is InChI=1S/C26H37N3O6S/c1-7-15-27-26(31)22(8-2)28(17-20-12-10-9-11-19(20)3)25(30)18-29(36(6,32)33)23-14-13-21(34-4)16-24(23)35-5/h9-14,16,22H,7-8,15,17-18H2,1-6H3,(H,27,31). The minimum Gasteiger partial charge on any atom is -0.497 e. The monoisotopic (exact) mass is 519 g/mol. The van der Waals surface area contributed by atoms with Gasteiger partial charge < -0.3 is 19.7 Å². The van der Waals surface area contributed by atoms with E-state index in [4.69, 9.17) is 9.47 Å². The predicted molar refractivity (Wildman–Crippen MR) is 141 cm³/mol. The number of rotatable bonds is 13. The van der Waals surface area contributed by atoms with E-state index in [-0.39, 0.29) is 23.9 Å². The highest BCUT2D eigenvalue weighted by molar-refractivity contribution is 7.92. The van der Waals surface area contributed by atoms with Crippen LogP contribution in [-0.4, -0.2) is 64.7 Å². The summed E-state index contributed by atoms with van der Waals surface area (Å²) < 4.78 is 37.3. The number of methoxy groups -OCH3 is 2. The van der Waals surface area contributed by atoms with E-state index in [0.29, 0.717) is 18.7 Å². The first-order valence-electron chi connectivity index (χ1n) is 11.9. The van der Waals surface area contributed by atoms with Gasteiger partial charge in [0.25, 0.3) is 0 Å². The number of nitrogens with zero attached hydrogens (tertiary/aromatic N) is 2. The average molecular weight is 520 g/mol. The summed E-state index contributed by atoms with van der Waals surface area (Å²) in [6.07, 6.45) is 2.16. The van der Waals surface area contributed by atoms with Gasteiger partial charge in [0.15, 0.2) is 0 Å². The summed E-state index contributed by atoms with van der Waals surface area (Å²) in [6.45, 7) is 5.87. The molecule has 0 saturated carbocycles. The number of sulfonamides is 1. The first kappa shape index (κ1) is 29.0. The van der Waals surface area contributed by atoms with Gasteiger partial charge in [-0.25, -0.2) is 8.42 Å². The van der Waals surface area contributed by atoms with E-state index in [9.17, 15) is 18.0 Å². The van der Waals surface area contributed by atoms with Gasteiger partial charge in [0, 0.05) is 19.2 Å². The van der Waals surface area contributed by atoms with Crippen molar-refractivity contribution >= 4 is 27.5 Å². The molecule has 0 aliphatic carbocycles. The molecule has 2 rings (SSSR count). The van der Waals surface area contributed by atoms with E-state index in [1.54, 1.807) is 12.1 Å². The SMILES string of the molecule is CCCNC(=O)C(CC)N(Cc1ccccc1C)C(=O)CN(c1ccc(OC)cc1OC)S(C)(=O)=O. The number of carbonyl (C=O) groups excluding carboxylic acids is 2. The summed E-state index contributed by atoms with van der Waals surface area (Å²) in [5.41, 5.74) is 2.05. The van der Waals surface area contributed by atoms with Gasteiger partial charge in [-0.15, -0.1) is 0 Å². The van der Waals surface area contributed by atoms with Crippen LogP contribution in [0.4, 0.5) is 5.69 Å². The van der Waals surface area contributed by atoms with Crippen LogP contribution in [-0.2, 0) is 26.2 Å². The van der Waals surface area contributed by atoms with Crippen LogP contribution in [0.5, 0.6) is 11.5 Å². The molecule has 2 aromatic carbocycles. The summed E-state index contributed by atoms with van der Waals surface area (Å²) in [7, 11) is -0.979. The van der Waals surface area contributed by atoms with Crippen LogP contribution in [0.15, 0.2) is 42.5 Å².